The second kappa shape index (κ2) is 7.78. The lowest BCUT2D eigenvalue weighted by atomic mass is 10.1. The van der Waals surface area contributed by atoms with Crippen LogP contribution in [0.15, 0.2) is 57.9 Å². The number of nitrogens with two attached hydrogens (primary N) is 1. The standard InChI is InChI=1S/C15H16BrFN2S/c16-12-4-2-6-15(9-12)20-10-14(19-18)8-11-3-1-5-13(17)7-11/h1-7,9,14,19H,8,10,18H2. The summed E-state index contributed by atoms with van der Waals surface area (Å²) in [6, 6.07) is 14.9. The van der Waals surface area contributed by atoms with E-state index in [2.05, 4.69) is 33.5 Å². The third-order valence-corrected chi connectivity index (χ3v) is 4.50. The Morgan fingerprint density at radius 3 is 2.70 bits per heavy atom. The second-order valence-electron chi connectivity index (χ2n) is 4.47. The van der Waals surface area contributed by atoms with E-state index < -0.39 is 0 Å². The highest BCUT2D eigenvalue weighted by Gasteiger charge is 2.09. The molecule has 1 atom stereocenters. The Morgan fingerprint density at radius 1 is 1.20 bits per heavy atom. The molecule has 0 aliphatic rings. The molecule has 0 bridgehead atoms. The van der Waals surface area contributed by atoms with E-state index in [1.807, 2.05) is 18.2 Å². The molecule has 2 aromatic rings. The van der Waals surface area contributed by atoms with Crippen molar-refractivity contribution in [1.82, 2.24) is 5.43 Å². The zero-order chi connectivity index (χ0) is 14.4. The van der Waals surface area contributed by atoms with Crippen molar-refractivity contribution in [2.24, 2.45) is 5.84 Å². The molecule has 0 heterocycles. The zero-order valence-corrected chi connectivity index (χ0v) is 13.3. The van der Waals surface area contributed by atoms with Crippen molar-refractivity contribution in [2.45, 2.75) is 17.4 Å². The molecule has 0 aliphatic heterocycles. The Morgan fingerprint density at radius 2 is 2.00 bits per heavy atom. The Kier molecular flexibility index (Phi) is 6.04. The summed E-state index contributed by atoms with van der Waals surface area (Å²) in [7, 11) is 0. The predicted octanol–water partition coefficient (Wildman–Crippen LogP) is 3.75. The lowest BCUT2D eigenvalue weighted by molar-refractivity contribution is 0.570. The molecular weight excluding hydrogens is 339 g/mol. The fourth-order valence-electron chi connectivity index (χ4n) is 1.87. The molecule has 2 aromatic carbocycles. The summed E-state index contributed by atoms with van der Waals surface area (Å²) in [6.07, 6.45) is 0.704. The van der Waals surface area contributed by atoms with Gasteiger partial charge in [0.2, 0.25) is 0 Å². The van der Waals surface area contributed by atoms with E-state index >= 15 is 0 Å². The normalized spacial score (nSPS) is 12.3. The van der Waals surface area contributed by atoms with Crippen LogP contribution in [-0.2, 0) is 6.42 Å². The first-order chi connectivity index (χ1) is 9.67. The SMILES string of the molecule is NNC(CSc1cccc(Br)c1)Cc1cccc(F)c1. The summed E-state index contributed by atoms with van der Waals surface area (Å²) in [4.78, 5) is 1.18. The zero-order valence-electron chi connectivity index (χ0n) is 10.9. The Balaban J connectivity index is 1.92. The first-order valence-electron chi connectivity index (χ1n) is 6.26. The largest absolute Gasteiger partial charge is 0.271 e. The number of hydrogen-bond acceptors (Lipinski definition) is 3. The van der Waals surface area contributed by atoms with Crippen LogP contribution in [-0.4, -0.2) is 11.8 Å². The number of benzene rings is 2. The monoisotopic (exact) mass is 354 g/mol. The Bertz CT molecular complexity index is 565. The molecule has 0 saturated carbocycles. The maximum Gasteiger partial charge on any atom is 0.123 e. The molecule has 0 radical (unpaired) electrons. The molecule has 0 fully saturated rings. The minimum Gasteiger partial charge on any atom is -0.271 e. The van der Waals surface area contributed by atoms with Crippen LogP contribution in [0.4, 0.5) is 4.39 Å². The van der Waals surface area contributed by atoms with Gasteiger partial charge in [-0.15, -0.1) is 11.8 Å². The van der Waals surface area contributed by atoms with Gasteiger partial charge in [-0.1, -0.05) is 34.1 Å². The van der Waals surface area contributed by atoms with Crippen molar-refractivity contribution >= 4 is 27.7 Å². The lowest BCUT2D eigenvalue weighted by Crippen LogP contribution is -2.38. The fraction of sp³-hybridized carbons (Fsp3) is 0.200. The first kappa shape index (κ1) is 15.5. The number of thioether (sulfide) groups is 1. The van der Waals surface area contributed by atoms with E-state index in [0.717, 1.165) is 15.8 Å². The molecule has 1 unspecified atom stereocenters. The highest BCUT2D eigenvalue weighted by Crippen LogP contribution is 2.23. The molecule has 5 heteroatoms. The summed E-state index contributed by atoms with van der Waals surface area (Å²) in [6.45, 7) is 0. The molecule has 0 amide bonds. The van der Waals surface area contributed by atoms with Crippen LogP contribution >= 0.6 is 27.7 Å². The highest BCUT2D eigenvalue weighted by molar-refractivity contribution is 9.10. The molecule has 2 rings (SSSR count). The summed E-state index contributed by atoms with van der Waals surface area (Å²) < 4.78 is 14.2. The van der Waals surface area contributed by atoms with Gasteiger partial charge >= 0.3 is 0 Å². The minimum atomic E-state index is -0.210. The molecule has 0 saturated heterocycles. The van der Waals surface area contributed by atoms with Gasteiger partial charge in [0.25, 0.3) is 0 Å². The van der Waals surface area contributed by atoms with Crippen LogP contribution in [0.5, 0.6) is 0 Å². The number of nitrogens with one attached hydrogen (secondary N) is 1. The Hall–Kier alpha value is -0.880. The van der Waals surface area contributed by atoms with Gasteiger partial charge in [-0.25, -0.2) is 4.39 Å². The van der Waals surface area contributed by atoms with E-state index in [9.17, 15) is 4.39 Å². The van der Waals surface area contributed by atoms with Crippen LogP contribution in [0.25, 0.3) is 0 Å². The van der Waals surface area contributed by atoms with E-state index in [1.54, 1.807) is 23.9 Å². The van der Waals surface area contributed by atoms with Crippen molar-refractivity contribution in [3.05, 3.63) is 64.4 Å². The molecule has 0 aliphatic carbocycles. The van der Waals surface area contributed by atoms with E-state index in [-0.39, 0.29) is 11.9 Å². The average molecular weight is 355 g/mol. The van der Waals surface area contributed by atoms with Gasteiger partial charge < -0.3 is 0 Å². The molecule has 3 N–H and O–H groups in total. The predicted molar refractivity (Wildman–Crippen MR) is 86.1 cm³/mol. The quantitative estimate of drug-likeness (QED) is 0.471. The summed E-state index contributed by atoms with van der Waals surface area (Å²) in [5, 5.41) is 0. The molecular formula is C15H16BrFN2S. The van der Waals surface area contributed by atoms with E-state index in [1.165, 1.54) is 11.0 Å². The number of hydrogen-bond donors (Lipinski definition) is 2. The van der Waals surface area contributed by atoms with Gasteiger partial charge in [0, 0.05) is 21.2 Å². The van der Waals surface area contributed by atoms with Crippen molar-refractivity contribution < 1.29 is 4.39 Å². The van der Waals surface area contributed by atoms with Crippen LogP contribution < -0.4 is 11.3 Å². The summed E-state index contributed by atoms with van der Waals surface area (Å²) in [5.41, 5.74) is 3.75. The third kappa shape index (κ3) is 4.90. The highest BCUT2D eigenvalue weighted by atomic mass is 79.9. The van der Waals surface area contributed by atoms with Gasteiger partial charge in [-0.2, -0.15) is 0 Å². The van der Waals surface area contributed by atoms with Gasteiger partial charge in [-0.05, 0) is 42.3 Å². The molecule has 106 valence electrons. The smallest absolute Gasteiger partial charge is 0.123 e. The van der Waals surface area contributed by atoms with E-state index in [4.69, 9.17) is 5.84 Å². The fourth-order valence-corrected chi connectivity index (χ4v) is 3.41. The molecule has 2 nitrogen and oxygen atoms in total. The van der Waals surface area contributed by atoms with Crippen molar-refractivity contribution in [3.8, 4) is 0 Å². The van der Waals surface area contributed by atoms with Gasteiger partial charge in [0.15, 0.2) is 0 Å². The topological polar surface area (TPSA) is 38.0 Å². The van der Waals surface area contributed by atoms with Crippen molar-refractivity contribution in [2.75, 3.05) is 5.75 Å². The van der Waals surface area contributed by atoms with Crippen molar-refractivity contribution in [1.29, 1.82) is 0 Å². The van der Waals surface area contributed by atoms with Crippen LogP contribution in [0.1, 0.15) is 5.56 Å². The average Bonchev–Trinajstić information content (AvgIpc) is 2.43. The van der Waals surface area contributed by atoms with E-state index in [0.29, 0.717) is 6.42 Å². The van der Waals surface area contributed by atoms with Crippen LogP contribution in [0.3, 0.4) is 0 Å². The van der Waals surface area contributed by atoms with Crippen LogP contribution in [0.2, 0.25) is 0 Å². The van der Waals surface area contributed by atoms with Gasteiger partial charge in [0.05, 0.1) is 0 Å². The molecule has 0 spiro atoms. The molecule has 0 aromatic heterocycles. The van der Waals surface area contributed by atoms with Gasteiger partial charge in [-0.3, -0.25) is 11.3 Å². The Labute approximate surface area is 131 Å². The van der Waals surface area contributed by atoms with Gasteiger partial charge in [0.1, 0.15) is 5.82 Å². The molecule has 20 heavy (non-hydrogen) atoms. The second-order valence-corrected chi connectivity index (χ2v) is 6.48. The summed E-state index contributed by atoms with van der Waals surface area (Å²) in [5.74, 6) is 6.20. The third-order valence-electron chi connectivity index (χ3n) is 2.85. The van der Waals surface area contributed by atoms with Crippen molar-refractivity contribution in [3.63, 3.8) is 0 Å². The first-order valence-corrected chi connectivity index (χ1v) is 8.04. The number of rotatable bonds is 6. The number of halogens is 2. The number of hydrazine groups is 1. The maximum atomic E-state index is 13.2. The summed E-state index contributed by atoms with van der Waals surface area (Å²) >= 11 is 5.18. The lowest BCUT2D eigenvalue weighted by Gasteiger charge is -2.15. The minimum absolute atomic E-state index is 0.0979. The van der Waals surface area contributed by atoms with Crippen LogP contribution in [0, 0.1) is 5.82 Å². The maximum absolute atomic E-state index is 13.2.